The summed E-state index contributed by atoms with van der Waals surface area (Å²) in [5.74, 6) is 1.10. The van der Waals surface area contributed by atoms with E-state index >= 15 is 0 Å². The van der Waals surface area contributed by atoms with Gasteiger partial charge in [0.05, 0.1) is 6.54 Å². The highest BCUT2D eigenvalue weighted by Gasteiger charge is 2.33. The van der Waals surface area contributed by atoms with E-state index in [4.69, 9.17) is 0 Å². The molecule has 1 aliphatic heterocycles. The molecule has 2 aliphatic rings. The minimum Gasteiger partial charge on any atom is -0.322 e. The summed E-state index contributed by atoms with van der Waals surface area (Å²) in [6.45, 7) is 8.03. The molecule has 0 radical (unpaired) electrons. The molecule has 1 unspecified atom stereocenters. The van der Waals surface area contributed by atoms with Crippen LogP contribution in [0.2, 0.25) is 0 Å². The summed E-state index contributed by atoms with van der Waals surface area (Å²) in [6, 6.07) is 8.72. The van der Waals surface area contributed by atoms with E-state index in [-0.39, 0.29) is 17.5 Å². The van der Waals surface area contributed by atoms with Gasteiger partial charge in [-0.1, -0.05) is 57.9 Å². The topological polar surface area (TPSA) is 32.3 Å². The number of carbonyl (C=O) groups excluding carboxylic acids is 1. The van der Waals surface area contributed by atoms with Crippen molar-refractivity contribution in [1.82, 2.24) is 10.2 Å². The molecule has 1 aliphatic carbocycles. The van der Waals surface area contributed by atoms with Gasteiger partial charge in [-0.2, -0.15) is 0 Å². The summed E-state index contributed by atoms with van der Waals surface area (Å²) >= 11 is 0. The lowest BCUT2D eigenvalue weighted by molar-refractivity contribution is -0.128. The van der Waals surface area contributed by atoms with E-state index in [9.17, 15) is 4.79 Å². The number of nitrogens with zero attached hydrogens (tertiary/aromatic N) is 1. The number of amides is 1. The van der Waals surface area contributed by atoms with Crippen LogP contribution < -0.4 is 5.32 Å². The fourth-order valence-corrected chi connectivity index (χ4v) is 2.98. The van der Waals surface area contributed by atoms with E-state index in [0.29, 0.717) is 6.54 Å². The highest BCUT2D eigenvalue weighted by atomic mass is 16.2. The molecular weight excluding hydrogens is 260 g/mol. The zero-order chi connectivity index (χ0) is 15.0. The van der Waals surface area contributed by atoms with Crippen LogP contribution in [0.15, 0.2) is 24.3 Å². The van der Waals surface area contributed by atoms with Crippen molar-refractivity contribution in [1.29, 1.82) is 0 Å². The maximum absolute atomic E-state index is 12.1. The van der Waals surface area contributed by atoms with Crippen molar-refractivity contribution in [3.63, 3.8) is 0 Å². The van der Waals surface area contributed by atoms with Crippen molar-refractivity contribution in [2.45, 2.75) is 51.6 Å². The Kier molecular flexibility index (Phi) is 3.78. The van der Waals surface area contributed by atoms with Crippen molar-refractivity contribution >= 4 is 5.91 Å². The van der Waals surface area contributed by atoms with Gasteiger partial charge >= 0.3 is 0 Å². The van der Waals surface area contributed by atoms with E-state index in [2.05, 4.69) is 50.4 Å². The maximum Gasteiger partial charge on any atom is 0.238 e. The molecule has 1 saturated carbocycles. The lowest BCUT2D eigenvalue weighted by Crippen LogP contribution is -2.31. The Labute approximate surface area is 127 Å². The van der Waals surface area contributed by atoms with Gasteiger partial charge < -0.3 is 4.90 Å². The van der Waals surface area contributed by atoms with E-state index in [0.717, 1.165) is 18.9 Å². The molecule has 0 bridgehead atoms. The second-order valence-electron chi connectivity index (χ2n) is 7.47. The van der Waals surface area contributed by atoms with Crippen molar-refractivity contribution < 1.29 is 4.79 Å². The number of carbonyl (C=O) groups is 1. The quantitative estimate of drug-likeness (QED) is 0.921. The zero-order valence-electron chi connectivity index (χ0n) is 13.4. The molecule has 3 rings (SSSR count). The molecule has 0 aromatic heterocycles. The first-order valence-corrected chi connectivity index (χ1v) is 8.08. The Morgan fingerprint density at radius 3 is 2.43 bits per heavy atom. The number of hydrogen-bond donors (Lipinski definition) is 1. The summed E-state index contributed by atoms with van der Waals surface area (Å²) in [5, 5.41) is 3.35. The Morgan fingerprint density at radius 1 is 1.19 bits per heavy atom. The van der Waals surface area contributed by atoms with Gasteiger partial charge in [0.2, 0.25) is 5.91 Å². The molecule has 114 valence electrons. The normalized spacial score (nSPS) is 22.9. The van der Waals surface area contributed by atoms with E-state index in [1.54, 1.807) is 0 Å². The number of rotatable bonds is 4. The second kappa shape index (κ2) is 5.45. The van der Waals surface area contributed by atoms with Crippen LogP contribution in [0.3, 0.4) is 0 Å². The minimum atomic E-state index is 0.0604. The van der Waals surface area contributed by atoms with Gasteiger partial charge in [-0.05, 0) is 28.9 Å². The first-order chi connectivity index (χ1) is 9.95. The van der Waals surface area contributed by atoms with Crippen LogP contribution >= 0.6 is 0 Å². The lowest BCUT2D eigenvalue weighted by Gasteiger charge is -2.26. The number of benzene rings is 1. The van der Waals surface area contributed by atoms with Crippen LogP contribution in [0.25, 0.3) is 0 Å². The monoisotopic (exact) mass is 286 g/mol. The van der Waals surface area contributed by atoms with Crippen molar-refractivity contribution in [3.8, 4) is 0 Å². The van der Waals surface area contributed by atoms with Crippen LogP contribution in [0.1, 0.15) is 57.3 Å². The number of hydrogen-bond acceptors (Lipinski definition) is 2. The summed E-state index contributed by atoms with van der Waals surface area (Å²) in [4.78, 5) is 14.1. The molecule has 1 amide bonds. The van der Waals surface area contributed by atoms with Gasteiger partial charge in [0, 0.05) is 6.54 Å². The van der Waals surface area contributed by atoms with E-state index in [1.807, 2.05) is 4.90 Å². The van der Waals surface area contributed by atoms with E-state index < -0.39 is 0 Å². The van der Waals surface area contributed by atoms with Crippen LogP contribution in [-0.4, -0.2) is 23.9 Å². The third kappa shape index (κ3) is 3.29. The molecule has 2 fully saturated rings. The molecule has 0 spiro atoms. The summed E-state index contributed by atoms with van der Waals surface area (Å²) < 4.78 is 0. The zero-order valence-corrected chi connectivity index (χ0v) is 13.4. The SMILES string of the molecule is CC(C)(C)c1ccc(C2NCC(=O)N2CCC2CC2)cc1. The molecule has 1 N–H and O–H groups in total. The van der Waals surface area contributed by atoms with Gasteiger partial charge in [-0.3, -0.25) is 10.1 Å². The third-order valence-electron chi connectivity index (χ3n) is 4.65. The summed E-state index contributed by atoms with van der Waals surface area (Å²) in [7, 11) is 0. The average Bonchev–Trinajstić information content (AvgIpc) is 3.19. The highest BCUT2D eigenvalue weighted by Crippen LogP contribution is 2.34. The van der Waals surface area contributed by atoms with Gasteiger partial charge in [-0.25, -0.2) is 0 Å². The summed E-state index contributed by atoms with van der Waals surface area (Å²) in [5.41, 5.74) is 2.70. The fourth-order valence-electron chi connectivity index (χ4n) is 2.98. The van der Waals surface area contributed by atoms with Crippen LogP contribution in [-0.2, 0) is 10.2 Å². The molecule has 1 aromatic carbocycles. The van der Waals surface area contributed by atoms with Crippen molar-refractivity contribution in [3.05, 3.63) is 35.4 Å². The Morgan fingerprint density at radius 2 is 1.86 bits per heavy atom. The van der Waals surface area contributed by atoms with Gasteiger partial charge in [-0.15, -0.1) is 0 Å². The molecule has 3 nitrogen and oxygen atoms in total. The average molecular weight is 286 g/mol. The fraction of sp³-hybridized carbons (Fsp3) is 0.611. The third-order valence-corrected chi connectivity index (χ3v) is 4.65. The van der Waals surface area contributed by atoms with Gasteiger partial charge in [0.25, 0.3) is 0 Å². The molecular formula is C18H26N2O. The van der Waals surface area contributed by atoms with Gasteiger partial charge in [0.15, 0.2) is 0 Å². The molecule has 1 aromatic rings. The van der Waals surface area contributed by atoms with Crippen LogP contribution in [0.4, 0.5) is 0 Å². The molecule has 21 heavy (non-hydrogen) atoms. The standard InChI is InChI=1S/C18H26N2O/c1-18(2,3)15-8-6-14(7-9-15)17-19-12-16(21)20(17)11-10-13-4-5-13/h6-9,13,17,19H,4-5,10-12H2,1-3H3. The largest absolute Gasteiger partial charge is 0.322 e. The van der Waals surface area contributed by atoms with Crippen molar-refractivity contribution in [2.75, 3.05) is 13.1 Å². The smallest absolute Gasteiger partial charge is 0.238 e. The maximum atomic E-state index is 12.1. The summed E-state index contributed by atoms with van der Waals surface area (Å²) in [6.07, 6.45) is 3.91. The predicted molar refractivity (Wildman–Crippen MR) is 84.9 cm³/mol. The second-order valence-corrected chi connectivity index (χ2v) is 7.47. The van der Waals surface area contributed by atoms with E-state index in [1.165, 1.54) is 24.0 Å². The predicted octanol–water partition coefficient (Wildman–Crippen LogP) is 3.21. The number of nitrogens with one attached hydrogen (secondary N) is 1. The lowest BCUT2D eigenvalue weighted by atomic mass is 9.86. The molecule has 1 saturated heterocycles. The molecule has 1 atom stereocenters. The Bertz CT molecular complexity index is 511. The molecule has 1 heterocycles. The minimum absolute atomic E-state index is 0.0604. The molecule has 3 heteroatoms. The van der Waals surface area contributed by atoms with Crippen LogP contribution in [0.5, 0.6) is 0 Å². The Balaban J connectivity index is 1.72. The van der Waals surface area contributed by atoms with Crippen LogP contribution in [0, 0.1) is 5.92 Å². The Hall–Kier alpha value is -1.35. The first kappa shape index (κ1) is 14.6. The van der Waals surface area contributed by atoms with Crippen molar-refractivity contribution in [2.24, 2.45) is 5.92 Å². The van der Waals surface area contributed by atoms with Gasteiger partial charge in [0.1, 0.15) is 6.17 Å². The first-order valence-electron chi connectivity index (χ1n) is 8.08. The highest BCUT2D eigenvalue weighted by molar-refractivity contribution is 5.80.